The third kappa shape index (κ3) is 3.76. The summed E-state index contributed by atoms with van der Waals surface area (Å²) in [6.45, 7) is 1.20. The van der Waals surface area contributed by atoms with Crippen molar-refractivity contribution in [3.63, 3.8) is 0 Å². The molecular formula is C17H16N4O2S2. The minimum absolute atomic E-state index is 0.0803. The fraction of sp³-hybridized carbons (Fsp3) is 0.294. The minimum atomic E-state index is -0.0803. The van der Waals surface area contributed by atoms with Crippen LogP contribution in [0.2, 0.25) is 0 Å². The molecule has 128 valence electrons. The summed E-state index contributed by atoms with van der Waals surface area (Å²) in [5.41, 5.74) is 1.56. The SMILES string of the molecule is O=C(NCc1csc(-c2cnccn2)n1)c1ccc(C2CCCO2)s1. The second-order valence-corrected chi connectivity index (χ2v) is 7.59. The van der Waals surface area contributed by atoms with Gasteiger partial charge in [-0.2, -0.15) is 0 Å². The molecule has 0 aromatic carbocycles. The molecule has 0 spiro atoms. The van der Waals surface area contributed by atoms with Crippen molar-refractivity contribution in [1.82, 2.24) is 20.3 Å². The molecule has 1 atom stereocenters. The van der Waals surface area contributed by atoms with Crippen LogP contribution in [0.1, 0.15) is 39.2 Å². The topological polar surface area (TPSA) is 77.0 Å². The Hall–Kier alpha value is -2.16. The lowest BCUT2D eigenvalue weighted by Gasteiger charge is -2.05. The number of aromatic nitrogens is 3. The second kappa shape index (κ2) is 7.38. The molecule has 1 fully saturated rings. The van der Waals surface area contributed by atoms with Crippen LogP contribution >= 0.6 is 22.7 Å². The van der Waals surface area contributed by atoms with Gasteiger partial charge in [0.05, 0.1) is 29.4 Å². The van der Waals surface area contributed by atoms with Crippen LogP contribution < -0.4 is 5.32 Å². The number of thiazole rings is 1. The number of hydrogen-bond donors (Lipinski definition) is 1. The molecule has 1 saturated heterocycles. The first-order valence-electron chi connectivity index (χ1n) is 8.00. The molecule has 4 rings (SSSR count). The van der Waals surface area contributed by atoms with Crippen LogP contribution in [0.4, 0.5) is 0 Å². The highest BCUT2D eigenvalue weighted by atomic mass is 32.1. The van der Waals surface area contributed by atoms with Gasteiger partial charge in [0.1, 0.15) is 10.7 Å². The predicted octanol–water partition coefficient (Wildman–Crippen LogP) is 3.44. The Morgan fingerprint density at radius 1 is 1.36 bits per heavy atom. The van der Waals surface area contributed by atoms with Gasteiger partial charge in [0.15, 0.2) is 0 Å². The highest BCUT2D eigenvalue weighted by Crippen LogP contribution is 2.33. The van der Waals surface area contributed by atoms with Crippen LogP contribution in [-0.2, 0) is 11.3 Å². The van der Waals surface area contributed by atoms with E-state index in [1.807, 2.05) is 17.5 Å². The fourth-order valence-electron chi connectivity index (χ4n) is 2.62. The van der Waals surface area contributed by atoms with Gasteiger partial charge in [-0.1, -0.05) is 0 Å². The van der Waals surface area contributed by atoms with E-state index in [0.29, 0.717) is 11.4 Å². The number of amides is 1. The summed E-state index contributed by atoms with van der Waals surface area (Å²) in [5, 5.41) is 5.65. The Bertz CT molecular complexity index is 856. The first-order chi connectivity index (χ1) is 12.3. The number of thiophene rings is 1. The fourth-order valence-corrected chi connectivity index (χ4v) is 4.41. The zero-order valence-corrected chi connectivity index (χ0v) is 15.0. The van der Waals surface area contributed by atoms with E-state index in [1.165, 1.54) is 22.7 Å². The van der Waals surface area contributed by atoms with Gasteiger partial charge in [-0.3, -0.25) is 14.8 Å². The van der Waals surface area contributed by atoms with Gasteiger partial charge in [0, 0.05) is 29.3 Å². The van der Waals surface area contributed by atoms with Crippen LogP contribution in [0.15, 0.2) is 36.1 Å². The molecule has 3 aromatic rings. The predicted molar refractivity (Wildman–Crippen MR) is 96.6 cm³/mol. The minimum Gasteiger partial charge on any atom is -0.373 e. The standard InChI is InChI=1S/C17H16N4O2S2/c22-16(15-4-3-14(25-15)13-2-1-7-23-13)20-8-11-10-24-17(21-11)12-9-18-5-6-19-12/h3-6,9-10,13H,1-2,7-8H2,(H,20,22). The van der Waals surface area contributed by atoms with Crippen molar-refractivity contribution in [2.75, 3.05) is 6.61 Å². The van der Waals surface area contributed by atoms with E-state index in [4.69, 9.17) is 4.74 Å². The maximum Gasteiger partial charge on any atom is 0.261 e. The van der Waals surface area contributed by atoms with Gasteiger partial charge in [-0.25, -0.2) is 4.98 Å². The normalized spacial score (nSPS) is 16.9. The molecule has 3 aromatic heterocycles. The summed E-state index contributed by atoms with van der Waals surface area (Å²) in [6.07, 6.45) is 7.22. The van der Waals surface area contributed by atoms with E-state index in [-0.39, 0.29) is 12.0 Å². The number of hydrogen-bond acceptors (Lipinski definition) is 7. The summed E-state index contributed by atoms with van der Waals surface area (Å²) in [6, 6.07) is 3.85. The van der Waals surface area contributed by atoms with E-state index in [1.54, 1.807) is 18.6 Å². The lowest BCUT2D eigenvalue weighted by Crippen LogP contribution is -2.21. The van der Waals surface area contributed by atoms with Gasteiger partial charge >= 0.3 is 0 Å². The Kier molecular flexibility index (Phi) is 4.82. The van der Waals surface area contributed by atoms with Crippen molar-refractivity contribution in [2.45, 2.75) is 25.5 Å². The lowest BCUT2D eigenvalue weighted by atomic mass is 10.2. The van der Waals surface area contributed by atoms with Crippen LogP contribution in [0, 0.1) is 0 Å². The molecular weight excluding hydrogens is 356 g/mol. The Morgan fingerprint density at radius 2 is 2.32 bits per heavy atom. The molecule has 6 nitrogen and oxygen atoms in total. The maximum absolute atomic E-state index is 12.3. The molecule has 0 saturated carbocycles. The van der Waals surface area contributed by atoms with E-state index in [2.05, 4.69) is 20.3 Å². The van der Waals surface area contributed by atoms with Gasteiger partial charge in [-0.05, 0) is 25.0 Å². The highest BCUT2D eigenvalue weighted by molar-refractivity contribution is 7.14. The van der Waals surface area contributed by atoms with Crippen molar-refractivity contribution in [1.29, 1.82) is 0 Å². The van der Waals surface area contributed by atoms with Crippen molar-refractivity contribution >= 4 is 28.6 Å². The van der Waals surface area contributed by atoms with Crippen molar-refractivity contribution in [2.24, 2.45) is 0 Å². The summed E-state index contributed by atoms with van der Waals surface area (Å²) >= 11 is 2.99. The smallest absolute Gasteiger partial charge is 0.261 e. The zero-order chi connectivity index (χ0) is 17.1. The van der Waals surface area contributed by atoms with Crippen LogP contribution in [0.25, 0.3) is 10.7 Å². The molecule has 0 radical (unpaired) electrons. The molecule has 8 heteroatoms. The monoisotopic (exact) mass is 372 g/mol. The zero-order valence-electron chi connectivity index (χ0n) is 13.3. The van der Waals surface area contributed by atoms with Crippen LogP contribution in [0.3, 0.4) is 0 Å². The average molecular weight is 372 g/mol. The van der Waals surface area contributed by atoms with Crippen molar-refractivity contribution in [3.8, 4) is 10.7 Å². The molecule has 1 amide bonds. The van der Waals surface area contributed by atoms with Gasteiger partial charge in [-0.15, -0.1) is 22.7 Å². The number of nitrogens with zero attached hydrogens (tertiary/aromatic N) is 3. The quantitative estimate of drug-likeness (QED) is 0.742. The van der Waals surface area contributed by atoms with Gasteiger partial charge in [0.25, 0.3) is 5.91 Å². The molecule has 1 aliphatic heterocycles. The van der Waals surface area contributed by atoms with E-state index >= 15 is 0 Å². The molecule has 1 aliphatic rings. The summed E-state index contributed by atoms with van der Waals surface area (Å²) in [4.78, 5) is 26.9. The number of nitrogens with one attached hydrogen (secondary N) is 1. The Labute approximate surface area is 152 Å². The third-order valence-electron chi connectivity index (χ3n) is 3.86. The Balaban J connectivity index is 1.37. The number of carbonyl (C=O) groups excluding carboxylic acids is 1. The molecule has 1 unspecified atom stereocenters. The molecule has 0 bridgehead atoms. The molecule has 4 heterocycles. The molecule has 1 N–H and O–H groups in total. The molecule has 0 aliphatic carbocycles. The van der Waals surface area contributed by atoms with E-state index in [9.17, 15) is 4.79 Å². The summed E-state index contributed by atoms with van der Waals surface area (Å²) in [7, 11) is 0. The highest BCUT2D eigenvalue weighted by Gasteiger charge is 2.21. The number of ether oxygens (including phenoxy) is 1. The number of carbonyl (C=O) groups is 1. The first kappa shape index (κ1) is 16.3. The van der Waals surface area contributed by atoms with E-state index < -0.39 is 0 Å². The van der Waals surface area contributed by atoms with Gasteiger partial charge < -0.3 is 10.1 Å². The summed E-state index contributed by atoms with van der Waals surface area (Å²) in [5.74, 6) is -0.0803. The van der Waals surface area contributed by atoms with Crippen LogP contribution in [-0.4, -0.2) is 27.5 Å². The average Bonchev–Trinajstić information content (AvgIpc) is 3.41. The number of rotatable bonds is 5. The van der Waals surface area contributed by atoms with Crippen molar-refractivity contribution < 1.29 is 9.53 Å². The summed E-state index contributed by atoms with van der Waals surface area (Å²) < 4.78 is 5.67. The molecule has 25 heavy (non-hydrogen) atoms. The third-order valence-corrected chi connectivity index (χ3v) is 5.95. The van der Waals surface area contributed by atoms with Crippen LogP contribution in [0.5, 0.6) is 0 Å². The van der Waals surface area contributed by atoms with Gasteiger partial charge in [0.2, 0.25) is 0 Å². The lowest BCUT2D eigenvalue weighted by molar-refractivity contribution is 0.0954. The van der Waals surface area contributed by atoms with E-state index in [0.717, 1.165) is 40.7 Å². The first-order valence-corrected chi connectivity index (χ1v) is 9.69. The Morgan fingerprint density at radius 3 is 3.12 bits per heavy atom. The maximum atomic E-state index is 12.3. The largest absolute Gasteiger partial charge is 0.373 e. The van der Waals surface area contributed by atoms with Crippen molar-refractivity contribution in [3.05, 3.63) is 51.6 Å². The second-order valence-electron chi connectivity index (χ2n) is 5.62.